The summed E-state index contributed by atoms with van der Waals surface area (Å²) in [6, 6.07) is 0. The van der Waals surface area contributed by atoms with Gasteiger partial charge in [-0.15, -0.1) is 0 Å². The molecule has 32 heavy (non-hydrogen) atoms. The van der Waals surface area contributed by atoms with Crippen molar-refractivity contribution in [2.45, 2.75) is 36.6 Å². The Morgan fingerprint density at radius 3 is 2.19 bits per heavy atom. The minimum absolute atomic E-state index is 0.124. The summed E-state index contributed by atoms with van der Waals surface area (Å²) >= 11 is 0. The molecule has 9 nitrogen and oxygen atoms in total. The van der Waals surface area contributed by atoms with Crippen LogP contribution in [-0.4, -0.2) is 66.8 Å². The molecule has 1 heterocycles. The number of carbonyl (C=O) groups is 3. The van der Waals surface area contributed by atoms with Crippen molar-refractivity contribution in [3.8, 4) is 0 Å². The van der Waals surface area contributed by atoms with E-state index in [9.17, 15) is 53.7 Å². The highest BCUT2D eigenvalue weighted by molar-refractivity contribution is 7.85. The topological polar surface area (TPSA) is 136 Å². The number of ether oxygens (including phenoxy) is 3. The van der Waals surface area contributed by atoms with Crippen LogP contribution in [0, 0.1) is 23.7 Å². The molecule has 0 aromatic heterocycles. The molecule has 2 saturated carbocycles. The zero-order chi connectivity index (χ0) is 24.4. The molecule has 1 aliphatic heterocycles. The molecule has 0 spiro atoms. The third-order valence-corrected chi connectivity index (χ3v) is 6.57. The van der Waals surface area contributed by atoms with E-state index in [1.165, 1.54) is 0 Å². The minimum Gasteiger partial charge on any atom is -0.748 e. The zero-order valence-corrected chi connectivity index (χ0v) is 16.3. The van der Waals surface area contributed by atoms with Gasteiger partial charge in [0.15, 0.2) is 0 Å². The van der Waals surface area contributed by atoms with Gasteiger partial charge in [-0.1, -0.05) is 6.58 Å². The van der Waals surface area contributed by atoms with Crippen LogP contribution in [0.2, 0.25) is 0 Å². The van der Waals surface area contributed by atoms with Gasteiger partial charge in [0.05, 0.1) is 27.7 Å². The van der Waals surface area contributed by atoms with Crippen molar-refractivity contribution < 1.29 is 67.9 Å². The summed E-state index contributed by atoms with van der Waals surface area (Å²) in [7, 11) is -6.22. The maximum absolute atomic E-state index is 13.4. The first-order valence-corrected chi connectivity index (χ1v) is 10.3. The second-order valence-electron chi connectivity index (χ2n) is 7.57. The van der Waals surface area contributed by atoms with Crippen LogP contribution in [0.3, 0.4) is 0 Å². The van der Waals surface area contributed by atoms with E-state index < -0.39 is 87.6 Å². The molecule has 1 saturated heterocycles. The third-order valence-electron chi connectivity index (χ3n) is 5.81. The second-order valence-corrected chi connectivity index (χ2v) is 8.97. The largest absolute Gasteiger partial charge is 0.748 e. The molecule has 3 rings (SSSR count). The normalized spacial score (nSPS) is 31.9. The van der Waals surface area contributed by atoms with Gasteiger partial charge in [-0.2, -0.15) is 26.3 Å². The van der Waals surface area contributed by atoms with Crippen molar-refractivity contribution in [1.82, 2.24) is 0 Å². The second kappa shape index (κ2) is 7.33. The fourth-order valence-corrected chi connectivity index (χ4v) is 5.49. The summed E-state index contributed by atoms with van der Waals surface area (Å²) in [5.41, 5.74) is -5.67. The summed E-state index contributed by atoms with van der Waals surface area (Å²) in [4.78, 5) is 36.2. The van der Waals surface area contributed by atoms with E-state index in [1.807, 2.05) is 0 Å². The van der Waals surface area contributed by atoms with Crippen LogP contribution < -0.4 is 0 Å². The monoisotopic (exact) mass is 495 g/mol. The van der Waals surface area contributed by atoms with Gasteiger partial charge in [-0.25, -0.2) is 13.2 Å². The van der Waals surface area contributed by atoms with Gasteiger partial charge >= 0.3 is 35.9 Å². The summed E-state index contributed by atoms with van der Waals surface area (Å²) in [6.07, 6.45) is -15.0. The molecule has 0 N–H and O–H groups in total. The van der Waals surface area contributed by atoms with Crippen LogP contribution in [0.1, 0.15) is 6.42 Å². The molecule has 0 aromatic rings. The minimum atomic E-state index is -6.55. The number of alkyl halides is 6. The van der Waals surface area contributed by atoms with E-state index in [1.54, 1.807) is 0 Å². The van der Waals surface area contributed by atoms with E-state index >= 15 is 0 Å². The van der Waals surface area contributed by atoms with Gasteiger partial charge in [0.1, 0.15) is 12.2 Å². The summed E-state index contributed by atoms with van der Waals surface area (Å²) in [5, 5.41) is 0. The fraction of sp³-hybridized carbons (Fsp3) is 0.688. The lowest BCUT2D eigenvalue weighted by molar-refractivity contribution is -0.362. The Hall–Kier alpha value is -2.36. The SMILES string of the molecule is C=CC(=O)OC1C2CC3C1OC(=O)C3C2C(=O)OC(CS(=O)(=O)[O-])(C(F)(F)F)C(F)(F)F. The third kappa shape index (κ3) is 3.72. The highest BCUT2D eigenvalue weighted by Crippen LogP contribution is 2.59. The Morgan fingerprint density at radius 1 is 1.16 bits per heavy atom. The first-order valence-electron chi connectivity index (χ1n) is 8.77. The van der Waals surface area contributed by atoms with E-state index in [4.69, 9.17) is 9.47 Å². The molecule has 16 heteroatoms. The number of halogens is 6. The van der Waals surface area contributed by atoms with E-state index in [2.05, 4.69) is 11.3 Å². The van der Waals surface area contributed by atoms with Gasteiger partial charge in [-0.05, 0) is 6.42 Å². The lowest BCUT2D eigenvalue weighted by Crippen LogP contribution is -2.64. The first-order chi connectivity index (χ1) is 14.4. The maximum atomic E-state index is 13.4. The average molecular weight is 495 g/mol. The Balaban J connectivity index is 2.00. The van der Waals surface area contributed by atoms with Crippen LogP contribution in [-0.2, 0) is 38.7 Å². The quantitative estimate of drug-likeness (QED) is 0.173. The Labute approximate surface area is 175 Å². The lowest BCUT2D eigenvalue weighted by Gasteiger charge is -2.39. The predicted octanol–water partition coefficient (Wildman–Crippen LogP) is 0.844. The molecule has 2 aliphatic carbocycles. The summed E-state index contributed by atoms with van der Waals surface area (Å²) < 4.78 is 127. The highest BCUT2D eigenvalue weighted by atomic mass is 32.2. The van der Waals surface area contributed by atoms with Crippen molar-refractivity contribution >= 4 is 28.0 Å². The van der Waals surface area contributed by atoms with E-state index in [-0.39, 0.29) is 6.42 Å². The number of hydrogen-bond donors (Lipinski definition) is 0. The first kappa shape index (κ1) is 24.3. The van der Waals surface area contributed by atoms with E-state index in [0.717, 1.165) is 0 Å². The van der Waals surface area contributed by atoms with Crippen molar-refractivity contribution in [3.63, 3.8) is 0 Å². The van der Waals surface area contributed by atoms with Crippen molar-refractivity contribution in [1.29, 1.82) is 0 Å². The van der Waals surface area contributed by atoms with Gasteiger partial charge in [0.2, 0.25) is 0 Å². The number of esters is 3. The maximum Gasteiger partial charge on any atom is 0.438 e. The molecule has 0 amide bonds. The summed E-state index contributed by atoms with van der Waals surface area (Å²) in [6.45, 7) is 3.12. The number of rotatable bonds is 6. The van der Waals surface area contributed by atoms with Crippen LogP contribution >= 0.6 is 0 Å². The standard InChI is InChI=1S/C16H14F6O9S/c1-2-7(23)29-10-6-3-5-8(12(24)30-11(5)10)9(6)13(25)31-14(15(17,18)19,16(20,21)22)4-32(26,27)28/h2,5-6,8-11H,1,3-4H2,(H,26,27,28)/p-1. The molecule has 0 aromatic carbocycles. The fourth-order valence-electron chi connectivity index (χ4n) is 4.61. The molecule has 3 fully saturated rings. The smallest absolute Gasteiger partial charge is 0.438 e. The van der Waals surface area contributed by atoms with Gasteiger partial charge in [0.25, 0.3) is 0 Å². The Bertz CT molecular complexity index is 942. The molecule has 2 bridgehead atoms. The molecule has 3 aliphatic rings. The molecule has 0 radical (unpaired) electrons. The highest BCUT2D eigenvalue weighted by Gasteiger charge is 2.77. The number of fused-ring (bicyclic) bond motifs is 1. The average Bonchev–Trinajstić information content (AvgIpc) is 3.21. The molecular weight excluding hydrogens is 482 g/mol. The van der Waals surface area contributed by atoms with E-state index in [0.29, 0.717) is 6.08 Å². The predicted molar refractivity (Wildman–Crippen MR) is 84.0 cm³/mol. The molecule has 180 valence electrons. The number of carbonyl (C=O) groups excluding carboxylic acids is 3. The molecule has 6 unspecified atom stereocenters. The molecular formula is C16H13F6O9S-. The van der Waals surface area contributed by atoms with Gasteiger partial charge < -0.3 is 18.8 Å². The van der Waals surface area contributed by atoms with Crippen LogP contribution in [0.25, 0.3) is 0 Å². The number of hydrogen-bond acceptors (Lipinski definition) is 9. The Morgan fingerprint density at radius 2 is 1.72 bits per heavy atom. The van der Waals surface area contributed by atoms with Crippen LogP contribution in [0.15, 0.2) is 12.7 Å². The zero-order valence-electron chi connectivity index (χ0n) is 15.5. The van der Waals surface area contributed by atoms with Crippen LogP contribution in [0.4, 0.5) is 26.3 Å². The van der Waals surface area contributed by atoms with Crippen molar-refractivity contribution in [2.24, 2.45) is 23.7 Å². The summed E-state index contributed by atoms with van der Waals surface area (Å²) in [5.74, 6) is -13.1. The van der Waals surface area contributed by atoms with Crippen molar-refractivity contribution in [3.05, 3.63) is 12.7 Å². The Kier molecular flexibility index (Phi) is 5.56. The van der Waals surface area contributed by atoms with Gasteiger partial charge in [0, 0.05) is 17.9 Å². The lowest BCUT2D eigenvalue weighted by atomic mass is 9.78. The van der Waals surface area contributed by atoms with Crippen molar-refractivity contribution in [2.75, 3.05) is 5.75 Å². The molecule has 6 atom stereocenters. The van der Waals surface area contributed by atoms with Gasteiger partial charge in [-0.3, -0.25) is 9.59 Å². The van der Waals surface area contributed by atoms with Crippen LogP contribution in [0.5, 0.6) is 0 Å².